The van der Waals surface area contributed by atoms with E-state index in [0.717, 1.165) is 24.2 Å². The Morgan fingerprint density at radius 1 is 1.09 bits per heavy atom. The van der Waals surface area contributed by atoms with E-state index in [1.807, 2.05) is 16.7 Å². The van der Waals surface area contributed by atoms with Gasteiger partial charge in [0.05, 0.1) is 21.5 Å². The van der Waals surface area contributed by atoms with Crippen LogP contribution in [0.25, 0.3) is 31.6 Å². The molecule has 3 aromatic heterocycles. The van der Waals surface area contributed by atoms with E-state index >= 15 is 0 Å². The number of hydrogen-bond acceptors (Lipinski definition) is 3. The first kappa shape index (κ1) is 12.1. The van der Waals surface area contributed by atoms with E-state index < -0.39 is 0 Å². The van der Waals surface area contributed by atoms with Crippen LogP contribution in [0.2, 0.25) is 0 Å². The second-order valence-electron chi connectivity index (χ2n) is 5.58. The third kappa shape index (κ3) is 1.50. The first-order chi connectivity index (χ1) is 10.8. The lowest BCUT2D eigenvalue weighted by molar-refractivity contribution is 0.670. The van der Waals surface area contributed by atoms with Gasteiger partial charge in [0.2, 0.25) is 0 Å². The van der Waals surface area contributed by atoms with Gasteiger partial charge >= 0.3 is 0 Å². The minimum absolute atomic E-state index is 0.0729. The molecule has 5 rings (SSSR count). The second-order valence-corrected chi connectivity index (χ2v) is 6.63. The molecule has 0 fully saturated rings. The Bertz CT molecular complexity index is 1110. The van der Waals surface area contributed by atoms with Gasteiger partial charge in [-0.1, -0.05) is 18.2 Å². The highest BCUT2D eigenvalue weighted by Gasteiger charge is 2.22. The summed E-state index contributed by atoms with van der Waals surface area (Å²) in [6, 6.07) is 14.2. The van der Waals surface area contributed by atoms with Crippen LogP contribution in [0, 0.1) is 0 Å². The monoisotopic (exact) mass is 304 g/mol. The zero-order valence-electron chi connectivity index (χ0n) is 11.7. The molecule has 0 atom stereocenters. The van der Waals surface area contributed by atoms with Gasteiger partial charge in [-0.2, -0.15) is 0 Å². The molecule has 0 radical (unpaired) electrons. The topological polar surface area (TPSA) is 34.9 Å². The van der Waals surface area contributed by atoms with Gasteiger partial charge in [-0.25, -0.2) is 0 Å². The Balaban J connectivity index is 1.93. The standard InChI is InChI=1S/C18H12N2OS/c21-18-13-5-3-8-19-14(13)10-15-17-12(7-9-20(15)18)11-4-1-2-6-16(11)22-17/h1-6,8,10H,7,9H2. The Labute approximate surface area is 130 Å². The summed E-state index contributed by atoms with van der Waals surface area (Å²) >= 11 is 1.77. The Morgan fingerprint density at radius 2 is 1.95 bits per heavy atom. The third-order valence-electron chi connectivity index (χ3n) is 4.39. The molecule has 1 aliphatic heterocycles. The lowest BCUT2D eigenvalue weighted by Crippen LogP contribution is -2.25. The Morgan fingerprint density at radius 3 is 2.91 bits per heavy atom. The summed E-state index contributed by atoms with van der Waals surface area (Å²) in [4.78, 5) is 18.3. The van der Waals surface area contributed by atoms with Crippen LogP contribution < -0.4 is 5.56 Å². The van der Waals surface area contributed by atoms with E-state index in [2.05, 4.69) is 35.3 Å². The normalized spacial score (nSPS) is 13.3. The van der Waals surface area contributed by atoms with E-state index in [9.17, 15) is 4.79 Å². The van der Waals surface area contributed by atoms with Crippen molar-refractivity contribution >= 4 is 32.3 Å². The van der Waals surface area contributed by atoms with Gasteiger partial charge in [-0.15, -0.1) is 11.3 Å². The molecule has 0 N–H and O–H groups in total. The van der Waals surface area contributed by atoms with Crippen molar-refractivity contribution in [2.45, 2.75) is 13.0 Å². The van der Waals surface area contributed by atoms with Gasteiger partial charge < -0.3 is 4.57 Å². The molecule has 4 aromatic rings. The summed E-state index contributed by atoms with van der Waals surface area (Å²) in [6.07, 6.45) is 2.66. The lowest BCUT2D eigenvalue weighted by Gasteiger charge is -2.19. The quantitative estimate of drug-likeness (QED) is 0.495. The molecule has 0 aliphatic carbocycles. The van der Waals surface area contributed by atoms with Crippen molar-refractivity contribution in [3.05, 3.63) is 64.6 Å². The fraction of sp³-hybridized carbons (Fsp3) is 0.111. The zero-order chi connectivity index (χ0) is 14.7. The van der Waals surface area contributed by atoms with Crippen molar-refractivity contribution in [3.63, 3.8) is 0 Å². The maximum absolute atomic E-state index is 12.7. The van der Waals surface area contributed by atoms with Crippen LogP contribution in [-0.4, -0.2) is 9.55 Å². The van der Waals surface area contributed by atoms with Crippen LogP contribution in [-0.2, 0) is 13.0 Å². The van der Waals surface area contributed by atoms with Gasteiger partial charge in [-0.3, -0.25) is 9.78 Å². The lowest BCUT2D eigenvalue weighted by atomic mass is 10.0. The van der Waals surface area contributed by atoms with Crippen molar-refractivity contribution in [2.75, 3.05) is 0 Å². The molecule has 0 unspecified atom stereocenters. The molecule has 0 bridgehead atoms. The van der Waals surface area contributed by atoms with E-state index in [0.29, 0.717) is 5.39 Å². The molecule has 4 heteroatoms. The number of benzene rings is 1. The predicted molar refractivity (Wildman–Crippen MR) is 90.5 cm³/mol. The summed E-state index contributed by atoms with van der Waals surface area (Å²) in [5.41, 5.74) is 3.24. The maximum Gasteiger partial charge on any atom is 0.260 e. The summed E-state index contributed by atoms with van der Waals surface area (Å²) in [5.74, 6) is 0. The summed E-state index contributed by atoms with van der Waals surface area (Å²) in [5, 5.41) is 2.03. The average molecular weight is 304 g/mol. The minimum Gasteiger partial charge on any atom is -0.306 e. The number of aromatic nitrogens is 2. The van der Waals surface area contributed by atoms with Crippen molar-refractivity contribution in [1.29, 1.82) is 0 Å². The molecule has 0 spiro atoms. The van der Waals surface area contributed by atoms with Gasteiger partial charge in [0.1, 0.15) is 0 Å². The van der Waals surface area contributed by atoms with Crippen LogP contribution in [0.3, 0.4) is 0 Å². The van der Waals surface area contributed by atoms with Crippen LogP contribution in [0.15, 0.2) is 53.5 Å². The predicted octanol–water partition coefficient (Wildman–Crippen LogP) is 3.83. The Kier molecular flexibility index (Phi) is 2.35. The van der Waals surface area contributed by atoms with Gasteiger partial charge in [0, 0.05) is 17.4 Å². The zero-order valence-corrected chi connectivity index (χ0v) is 12.6. The number of hydrogen-bond donors (Lipinski definition) is 0. The van der Waals surface area contributed by atoms with E-state index in [1.54, 1.807) is 17.5 Å². The molecular formula is C18H12N2OS. The molecule has 106 valence electrons. The summed E-state index contributed by atoms with van der Waals surface area (Å²) < 4.78 is 3.19. The molecular weight excluding hydrogens is 292 g/mol. The SMILES string of the molecule is O=c1c2cccnc2cc2n1CCc1c-2sc2ccccc12. The molecule has 0 saturated heterocycles. The number of rotatable bonds is 0. The molecule has 1 aromatic carbocycles. The smallest absolute Gasteiger partial charge is 0.260 e. The number of thiophene rings is 1. The van der Waals surface area contributed by atoms with Gasteiger partial charge in [-0.05, 0) is 41.6 Å². The van der Waals surface area contributed by atoms with Crippen LogP contribution in [0.4, 0.5) is 0 Å². The van der Waals surface area contributed by atoms with Crippen molar-refractivity contribution < 1.29 is 0 Å². The summed E-state index contributed by atoms with van der Waals surface area (Å²) in [6.45, 7) is 0.743. The number of pyridine rings is 2. The van der Waals surface area contributed by atoms with E-state index in [-0.39, 0.29) is 5.56 Å². The van der Waals surface area contributed by atoms with Gasteiger partial charge in [0.15, 0.2) is 0 Å². The highest BCUT2D eigenvalue weighted by molar-refractivity contribution is 7.22. The Hall–Kier alpha value is -2.46. The minimum atomic E-state index is 0.0729. The number of aryl methyl sites for hydroxylation is 1. The van der Waals surface area contributed by atoms with Crippen molar-refractivity contribution in [2.24, 2.45) is 0 Å². The number of fused-ring (bicyclic) bond motifs is 6. The highest BCUT2D eigenvalue weighted by Crippen LogP contribution is 2.41. The van der Waals surface area contributed by atoms with E-state index in [4.69, 9.17) is 0 Å². The summed E-state index contributed by atoms with van der Waals surface area (Å²) in [7, 11) is 0. The van der Waals surface area contributed by atoms with Crippen molar-refractivity contribution in [3.8, 4) is 10.6 Å². The number of nitrogens with zero attached hydrogens (tertiary/aromatic N) is 2. The molecule has 1 aliphatic rings. The van der Waals surface area contributed by atoms with Crippen LogP contribution in [0.1, 0.15) is 5.56 Å². The molecule has 0 saturated carbocycles. The van der Waals surface area contributed by atoms with Crippen LogP contribution in [0.5, 0.6) is 0 Å². The molecule has 0 amide bonds. The van der Waals surface area contributed by atoms with Crippen molar-refractivity contribution in [1.82, 2.24) is 9.55 Å². The first-order valence-corrected chi connectivity index (χ1v) is 8.14. The molecule has 22 heavy (non-hydrogen) atoms. The van der Waals surface area contributed by atoms with E-state index in [1.165, 1.54) is 20.5 Å². The third-order valence-corrected chi connectivity index (χ3v) is 5.63. The van der Waals surface area contributed by atoms with Gasteiger partial charge in [0.25, 0.3) is 5.56 Å². The average Bonchev–Trinajstić information content (AvgIpc) is 2.94. The molecule has 3 nitrogen and oxygen atoms in total. The second kappa shape index (κ2) is 4.27. The fourth-order valence-electron chi connectivity index (χ4n) is 3.36. The maximum atomic E-state index is 12.7. The highest BCUT2D eigenvalue weighted by atomic mass is 32.1. The largest absolute Gasteiger partial charge is 0.306 e. The first-order valence-electron chi connectivity index (χ1n) is 7.32. The molecule has 4 heterocycles. The fourth-order valence-corrected chi connectivity index (χ4v) is 4.64. The van der Waals surface area contributed by atoms with Crippen LogP contribution >= 0.6 is 11.3 Å².